The molecule has 2 aromatic rings. The number of nitrogens with zero attached hydrogens (tertiary/aromatic N) is 1. The van der Waals surface area contributed by atoms with Gasteiger partial charge in [-0.2, -0.15) is 0 Å². The van der Waals surface area contributed by atoms with Crippen LogP contribution in [0.3, 0.4) is 0 Å². The van der Waals surface area contributed by atoms with Gasteiger partial charge in [-0.25, -0.2) is 0 Å². The Balaban J connectivity index is 1.66. The molecule has 116 valence electrons. The number of hydrogen-bond donors (Lipinski definition) is 1. The molecule has 0 spiro atoms. The van der Waals surface area contributed by atoms with E-state index in [2.05, 4.69) is 6.92 Å². The van der Waals surface area contributed by atoms with Crippen molar-refractivity contribution in [2.45, 2.75) is 13.3 Å². The lowest BCUT2D eigenvalue weighted by Gasteiger charge is -2.22. The van der Waals surface area contributed by atoms with E-state index in [0.29, 0.717) is 6.54 Å². The summed E-state index contributed by atoms with van der Waals surface area (Å²) in [5, 5.41) is 2.15. The van der Waals surface area contributed by atoms with Crippen LogP contribution in [0, 0.1) is 5.41 Å². The number of fused-ring (bicyclic) bond motifs is 1. The van der Waals surface area contributed by atoms with Crippen molar-refractivity contribution in [2.75, 3.05) is 26.2 Å². The quantitative estimate of drug-likeness (QED) is 0.943. The Morgan fingerprint density at radius 3 is 2.82 bits per heavy atom. The number of benzene rings is 2. The lowest BCUT2D eigenvalue weighted by molar-refractivity contribution is -0.132. The monoisotopic (exact) mass is 298 g/mol. The summed E-state index contributed by atoms with van der Waals surface area (Å²) in [7, 11) is 0. The molecule has 4 heteroatoms. The van der Waals surface area contributed by atoms with E-state index in [1.54, 1.807) is 0 Å². The van der Waals surface area contributed by atoms with Gasteiger partial charge in [0.25, 0.3) is 5.91 Å². The Morgan fingerprint density at radius 2 is 2.05 bits per heavy atom. The van der Waals surface area contributed by atoms with Crippen LogP contribution in [-0.2, 0) is 4.79 Å². The van der Waals surface area contributed by atoms with Gasteiger partial charge in [0.1, 0.15) is 5.75 Å². The van der Waals surface area contributed by atoms with Crippen LogP contribution in [0.25, 0.3) is 10.8 Å². The van der Waals surface area contributed by atoms with E-state index in [-0.39, 0.29) is 17.9 Å². The molecule has 1 aliphatic rings. The summed E-state index contributed by atoms with van der Waals surface area (Å²) in [6.45, 7) is 4.31. The second kappa shape index (κ2) is 5.97. The maximum atomic E-state index is 12.3. The number of likely N-dealkylation sites (tertiary alicyclic amines) is 1. The molecule has 0 saturated carbocycles. The van der Waals surface area contributed by atoms with Crippen LogP contribution in [-0.4, -0.2) is 37.0 Å². The fourth-order valence-corrected chi connectivity index (χ4v) is 2.96. The van der Waals surface area contributed by atoms with Crippen LogP contribution in [0.15, 0.2) is 42.5 Å². The molecule has 1 fully saturated rings. The van der Waals surface area contributed by atoms with E-state index < -0.39 is 0 Å². The first kappa shape index (κ1) is 14.9. The maximum absolute atomic E-state index is 12.3. The molecule has 0 aliphatic carbocycles. The smallest absolute Gasteiger partial charge is 0.260 e. The zero-order valence-corrected chi connectivity index (χ0v) is 12.9. The summed E-state index contributed by atoms with van der Waals surface area (Å²) in [5.41, 5.74) is 5.84. The van der Waals surface area contributed by atoms with E-state index in [4.69, 9.17) is 10.5 Å². The van der Waals surface area contributed by atoms with Crippen molar-refractivity contribution >= 4 is 16.7 Å². The molecule has 1 amide bonds. The fourth-order valence-electron chi connectivity index (χ4n) is 2.96. The minimum absolute atomic E-state index is 0.0325. The van der Waals surface area contributed by atoms with Crippen molar-refractivity contribution in [1.82, 2.24) is 4.90 Å². The number of ether oxygens (including phenoxy) is 1. The van der Waals surface area contributed by atoms with Crippen molar-refractivity contribution in [3.05, 3.63) is 42.5 Å². The first-order valence-electron chi connectivity index (χ1n) is 7.70. The molecule has 2 aromatic carbocycles. The third-order valence-corrected chi connectivity index (χ3v) is 4.50. The minimum Gasteiger partial charge on any atom is -0.483 e. The van der Waals surface area contributed by atoms with Gasteiger partial charge in [-0.3, -0.25) is 4.79 Å². The molecule has 1 saturated heterocycles. The average molecular weight is 298 g/mol. The van der Waals surface area contributed by atoms with Crippen LogP contribution < -0.4 is 10.5 Å². The lowest BCUT2D eigenvalue weighted by Crippen LogP contribution is -2.36. The fraction of sp³-hybridized carbons (Fsp3) is 0.389. The molecular formula is C18H22N2O2. The summed E-state index contributed by atoms with van der Waals surface area (Å²) >= 11 is 0. The predicted molar refractivity (Wildman–Crippen MR) is 87.8 cm³/mol. The van der Waals surface area contributed by atoms with E-state index >= 15 is 0 Å². The highest BCUT2D eigenvalue weighted by molar-refractivity contribution is 5.88. The largest absolute Gasteiger partial charge is 0.483 e. The molecule has 0 aromatic heterocycles. The van der Waals surface area contributed by atoms with Crippen molar-refractivity contribution in [3.8, 4) is 5.75 Å². The van der Waals surface area contributed by atoms with Gasteiger partial charge in [0.05, 0.1) is 0 Å². The zero-order valence-electron chi connectivity index (χ0n) is 12.9. The Kier molecular flexibility index (Phi) is 4.03. The molecular weight excluding hydrogens is 276 g/mol. The Hall–Kier alpha value is -2.07. The summed E-state index contributed by atoms with van der Waals surface area (Å²) < 4.78 is 5.77. The summed E-state index contributed by atoms with van der Waals surface area (Å²) in [6, 6.07) is 13.9. The van der Waals surface area contributed by atoms with E-state index in [1.807, 2.05) is 47.4 Å². The number of nitrogens with two attached hydrogens (primary N) is 1. The Labute approximate surface area is 130 Å². The topological polar surface area (TPSA) is 55.6 Å². The van der Waals surface area contributed by atoms with Crippen molar-refractivity contribution < 1.29 is 9.53 Å². The van der Waals surface area contributed by atoms with Crippen LogP contribution in [0.4, 0.5) is 0 Å². The molecule has 4 nitrogen and oxygen atoms in total. The van der Waals surface area contributed by atoms with Crippen LogP contribution in [0.2, 0.25) is 0 Å². The zero-order chi connectivity index (χ0) is 15.6. The number of hydrogen-bond acceptors (Lipinski definition) is 3. The molecule has 0 bridgehead atoms. The third-order valence-electron chi connectivity index (χ3n) is 4.50. The van der Waals surface area contributed by atoms with Gasteiger partial charge in [-0.1, -0.05) is 43.3 Å². The molecule has 0 radical (unpaired) electrons. The van der Waals surface area contributed by atoms with Gasteiger partial charge >= 0.3 is 0 Å². The molecule has 2 N–H and O–H groups in total. The van der Waals surface area contributed by atoms with E-state index in [9.17, 15) is 4.79 Å². The van der Waals surface area contributed by atoms with Gasteiger partial charge in [0.2, 0.25) is 0 Å². The van der Waals surface area contributed by atoms with Crippen LogP contribution in [0.5, 0.6) is 5.75 Å². The first-order chi connectivity index (χ1) is 10.6. The Morgan fingerprint density at radius 1 is 1.27 bits per heavy atom. The molecule has 22 heavy (non-hydrogen) atoms. The normalized spacial score (nSPS) is 21.3. The highest BCUT2D eigenvalue weighted by atomic mass is 16.5. The molecule has 1 aliphatic heterocycles. The third kappa shape index (κ3) is 2.92. The van der Waals surface area contributed by atoms with Gasteiger partial charge in [-0.05, 0) is 29.8 Å². The highest BCUT2D eigenvalue weighted by Crippen LogP contribution is 2.29. The highest BCUT2D eigenvalue weighted by Gasteiger charge is 2.34. The van der Waals surface area contributed by atoms with E-state index in [0.717, 1.165) is 36.0 Å². The first-order valence-corrected chi connectivity index (χ1v) is 7.70. The number of carbonyl (C=O) groups is 1. The SMILES string of the molecule is CC1(CN)CCN(C(=O)COc2cccc3ccccc23)C1. The summed E-state index contributed by atoms with van der Waals surface area (Å²) in [4.78, 5) is 14.2. The average Bonchev–Trinajstić information content (AvgIpc) is 2.96. The number of carbonyl (C=O) groups excluding carboxylic acids is 1. The number of amides is 1. The van der Waals surface area contributed by atoms with Gasteiger partial charge < -0.3 is 15.4 Å². The predicted octanol–water partition coefficient (Wildman–Crippen LogP) is 2.42. The maximum Gasteiger partial charge on any atom is 0.260 e. The minimum atomic E-state index is 0.0325. The van der Waals surface area contributed by atoms with Crippen LogP contribution in [0.1, 0.15) is 13.3 Å². The molecule has 1 unspecified atom stereocenters. The summed E-state index contributed by atoms with van der Waals surface area (Å²) in [5.74, 6) is 0.789. The molecule has 1 heterocycles. The number of rotatable bonds is 4. The van der Waals surface area contributed by atoms with E-state index in [1.165, 1.54) is 0 Å². The van der Waals surface area contributed by atoms with Crippen molar-refractivity contribution in [3.63, 3.8) is 0 Å². The lowest BCUT2D eigenvalue weighted by atomic mass is 9.90. The Bertz CT molecular complexity index is 680. The van der Waals surface area contributed by atoms with Gasteiger partial charge in [0, 0.05) is 18.5 Å². The summed E-state index contributed by atoms with van der Waals surface area (Å²) in [6.07, 6.45) is 0.962. The van der Waals surface area contributed by atoms with Crippen LogP contribution >= 0.6 is 0 Å². The van der Waals surface area contributed by atoms with Crippen molar-refractivity contribution in [1.29, 1.82) is 0 Å². The molecule has 3 rings (SSSR count). The van der Waals surface area contributed by atoms with Gasteiger partial charge in [-0.15, -0.1) is 0 Å². The second-order valence-corrected chi connectivity index (χ2v) is 6.35. The van der Waals surface area contributed by atoms with Gasteiger partial charge in [0.15, 0.2) is 6.61 Å². The standard InChI is InChI=1S/C18H22N2O2/c1-18(12-19)9-10-20(13-18)17(21)11-22-16-8-4-6-14-5-2-3-7-15(14)16/h2-8H,9-13,19H2,1H3. The molecule has 1 atom stereocenters. The second-order valence-electron chi connectivity index (χ2n) is 6.35. The van der Waals surface area contributed by atoms with Crippen molar-refractivity contribution in [2.24, 2.45) is 11.1 Å².